The van der Waals surface area contributed by atoms with Crippen molar-refractivity contribution in [2.75, 3.05) is 13.2 Å². The van der Waals surface area contributed by atoms with Gasteiger partial charge in [-0.25, -0.2) is 4.79 Å². The van der Waals surface area contributed by atoms with Gasteiger partial charge in [-0.15, -0.1) is 0 Å². The van der Waals surface area contributed by atoms with Crippen molar-refractivity contribution in [2.24, 2.45) is 5.73 Å². The van der Waals surface area contributed by atoms with E-state index in [-0.39, 0.29) is 0 Å². The zero-order chi connectivity index (χ0) is 21.9. The Kier molecular flexibility index (Phi) is 10.8. The van der Waals surface area contributed by atoms with Gasteiger partial charge in [0, 0.05) is 6.42 Å². The summed E-state index contributed by atoms with van der Waals surface area (Å²) in [6.07, 6.45) is -1.84. The molecule has 0 aliphatic heterocycles. The monoisotopic (exact) mass is 406 g/mol. The summed E-state index contributed by atoms with van der Waals surface area (Å²) in [5.41, 5.74) is 5.07. The highest BCUT2D eigenvalue weighted by molar-refractivity contribution is 5.95. The standard InChI is InChI=1S/C14H22N4O10/c15-4-9(20)16-7(3-11(23)24)12(25)18-8(5-19)13(26)17-6(14(27)28)1-2-10(21)22/h6-8,19H,1-5,15H2,(H,16,20)(H,17,26)(H,18,25)(H,21,22)(H,23,24)(H,27,28). The first-order valence-electron chi connectivity index (χ1n) is 7.89. The van der Waals surface area contributed by atoms with Crippen LogP contribution in [-0.2, 0) is 28.8 Å². The van der Waals surface area contributed by atoms with E-state index in [4.69, 9.17) is 21.1 Å². The molecule has 0 radical (unpaired) electrons. The maximum atomic E-state index is 12.1. The Bertz CT molecular complexity index is 623. The molecule has 0 aliphatic carbocycles. The zero-order valence-corrected chi connectivity index (χ0v) is 14.6. The van der Waals surface area contributed by atoms with Crippen LogP contribution in [0.15, 0.2) is 0 Å². The molecular weight excluding hydrogens is 384 g/mol. The fourth-order valence-corrected chi connectivity index (χ4v) is 1.90. The van der Waals surface area contributed by atoms with E-state index in [9.17, 15) is 33.9 Å². The number of rotatable bonds is 13. The number of amides is 3. The van der Waals surface area contributed by atoms with E-state index in [1.54, 1.807) is 0 Å². The van der Waals surface area contributed by atoms with E-state index in [1.807, 2.05) is 16.0 Å². The van der Waals surface area contributed by atoms with E-state index in [0.717, 1.165) is 0 Å². The molecule has 0 saturated heterocycles. The van der Waals surface area contributed by atoms with Crippen LogP contribution in [0.25, 0.3) is 0 Å². The highest BCUT2D eigenvalue weighted by Crippen LogP contribution is 2.00. The molecule has 0 bridgehead atoms. The van der Waals surface area contributed by atoms with Gasteiger partial charge in [-0.05, 0) is 6.42 Å². The summed E-state index contributed by atoms with van der Waals surface area (Å²) in [4.78, 5) is 67.9. The summed E-state index contributed by atoms with van der Waals surface area (Å²) in [6, 6.07) is -4.87. The summed E-state index contributed by atoms with van der Waals surface area (Å²) >= 11 is 0. The number of hydrogen-bond donors (Lipinski definition) is 8. The number of aliphatic hydroxyl groups excluding tert-OH is 1. The molecular formula is C14H22N4O10. The smallest absolute Gasteiger partial charge is 0.326 e. The Morgan fingerprint density at radius 2 is 1.32 bits per heavy atom. The van der Waals surface area contributed by atoms with E-state index in [1.165, 1.54) is 0 Å². The fraction of sp³-hybridized carbons (Fsp3) is 0.571. The third-order valence-corrected chi connectivity index (χ3v) is 3.29. The van der Waals surface area contributed by atoms with Crippen molar-refractivity contribution in [2.45, 2.75) is 37.4 Å². The van der Waals surface area contributed by atoms with Crippen molar-refractivity contribution < 1.29 is 49.2 Å². The molecule has 0 aromatic heterocycles. The average molecular weight is 406 g/mol. The fourth-order valence-electron chi connectivity index (χ4n) is 1.90. The second-order valence-corrected chi connectivity index (χ2v) is 5.50. The van der Waals surface area contributed by atoms with Crippen LogP contribution in [0, 0.1) is 0 Å². The number of aliphatic carboxylic acids is 3. The van der Waals surface area contributed by atoms with Gasteiger partial charge in [-0.1, -0.05) is 0 Å². The first kappa shape index (κ1) is 24.7. The molecule has 0 aliphatic rings. The van der Waals surface area contributed by atoms with Crippen molar-refractivity contribution in [3.05, 3.63) is 0 Å². The first-order valence-corrected chi connectivity index (χ1v) is 7.89. The molecule has 0 saturated carbocycles. The van der Waals surface area contributed by atoms with Gasteiger partial charge in [0.25, 0.3) is 0 Å². The Morgan fingerprint density at radius 1 is 0.786 bits per heavy atom. The molecule has 0 rings (SSSR count). The highest BCUT2D eigenvalue weighted by atomic mass is 16.4. The number of carboxylic acids is 3. The van der Waals surface area contributed by atoms with Crippen LogP contribution < -0.4 is 21.7 Å². The van der Waals surface area contributed by atoms with E-state index in [2.05, 4.69) is 0 Å². The maximum Gasteiger partial charge on any atom is 0.326 e. The number of hydrogen-bond acceptors (Lipinski definition) is 8. The largest absolute Gasteiger partial charge is 0.481 e. The minimum atomic E-state index is -1.68. The summed E-state index contributed by atoms with van der Waals surface area (Å²) in [5, 5.41) is 41.6. The lowest BCUT2D eigenvalue weighted by molar-refractivity contribution is -0.144. The number of carbonyl (C=O) groups is 6. The van der Waals surface area contributed by atoms with Crippen LogP contribution in [0.4, 0.5) is 0 Å². The highest BCUT2D eigenvalue weighted by Gasteiger charge is 2.30. The molecule has 14 heteroatoms. The normalized spacial score (nSPS) is 13.5. The van der Waals surface area contributed by atoms with Gasteiger partial charge in [-0.3, -0.25) is 24.0 Å². The van der Waals surface area contributed by atoms with E-state index in [0.29, 0.717) is 0 Å². The third kappa shape index (κ3) is 9.44. The summed E-state index contributed by atoms with van der Waals surface area (Å²) < 4.78 is 0. The number of nitrogens with one attached hydrogen (secondary N) is 3. The topological polar surface area (TPSA) is 245 Å². The molecule has 0 fully saturated rings. The Hall–Kier alpha value is -3.26. The van der Waals surface area contributed by atoms with Gasteiger partial charge < -0.3 is 42.1 Å². The lowest BCUT2D eigenvalue weighted by Gasteiger charge is -2.22. The first-order chi connectivity index (χ1) is 13.0. The summed E-state index contributed by atoms with van der Waals surface area (Å²) in [6.45, 7) is -1.51. The molecule has 9 N–H and O–H groups in total. The van der Waals surface area contributed by atoms with Crippen molar-refractivity contribution in [1.29, 1.82) is 0 Å². The van der Waals surface area contributed by atoms with Gasteiger partial charge in [0.1, 0.15) is 18.1 Å². The molecule has 0 heterocycles. The van der Waals surface area contributed by atoms with Crippen LogP contribution in [0.5, 0.6) is 0 Å². The summed E-state index contributed by atoms with van der Waals surface area (Å²) in [5.74, 6) is -7.38. The van der Waals surface area contributed by atoms with Crippen molar-refractivity contribution in [1.82, 2.24) is 16.0 Å². The summed E-state index contributed by atoms with van der Waals surface area (Å²) in [7, 11) is 0. The average Bonchev–Trinajstić information content (AvgIpc) is 2.60. The molecule has 0 aromatic rings. The zero-order valence-electron chi connectivity index (χ0n) is 14.6. The minimum Gasteiger partial charge on any atom is -0.481 e. The molecule has 14 nitrogen and oxygen atoms in total. The molecule has 3 atom stereocenters. The second-order valence-electron chi connectivity index (χ2n) is 5.50. The van der Waals surface area contributed by atoms with Gasteiger partial charge in [-0.2, -0.15) is 0 Å². The minimum absolute atomic E-state index is 0.448. The van der Waals surface area contributed by atoms with Crippen LogP contribution in [0.1, 0.15) is 19.3 Å². The van der Waals surface area contributed by atoms with Gasteiger partial charge in [0.2, 0.25) is 17.7 Å². The maximum absolute atomic E-state index is 12.1. The SMILES string of the molecule is NCC(=O)NC(CC(=O)O)C(=O)NC(CO)C(=O)NC(CCC(=O)O)C(=O)O. The van der Waals surface area contributed by atoms with Crippen LogP contribution in [0.3, 0.4) is 0 Å². The molecule has 3 amide bonds. The quantitative estimate of drug-likeness (QED) is 0.146. The number of aliphatic hydroxyl groups is 1. The van der Waals surface area contributed by atoms with Gasteiger partial charge in [0.05, 0.1) is 19.6 Å². The van der Waals surface area contributed by atoms with Crippen molar-refractivity contribution in [3.63, 3.8) is 0 Å². The molecule has 0 spiro atoms. The molecule has 3 unspecified atom stereocenters. The second kappa shape index (κ2) is 12.2. The third-order valence-electron chi connectivity index (χ3n) is 3.29. The number of carboxylic acid groups (broad SMARTS) is 3. The molecule has 158 valence electrons. The van der Waals surface area contributed by atoms with Crippen LogP contribution in [0.2, 0.25) is 0 Å². The van der Waals surface area contributed by atoms with Crippen molar-refractivity contribution >= 4 is 35.6 Å². The number of carbonyl (C=O) groups excluding carboxylic acids is 3. The Balaban J connectivity index is 5.09. The van der Waals surface area contributed by atoms with Crippen LogP contribution >= 0.6 is 0 Å². The predicted molar refractivity (Wildman–Crippen MR) is 88.7 cm³/mol. The lowest BCUT2D eigenvalue weighted by atomic mass is 10.1. The van der Waals surface area contributed by atoms with Crippen molar-refractivity contribution in [3.8, 4) is 0 Å². The lowest BCUT2D eigenvalue weighted by Crippen LogP contribution is -2.57. The van der Waals surface area contributed by atoms with Gasteiger partial charge >= 0.3 is 17.9 Å². The Labute approximate surface area is 158 Å². The van der Waals surface area contributed by atoms with Crippen LogP contribution in [-0.4, -0.2) is 87.3 Å². The Morgan fingerprint density at radius 3 is 1.75 bits per heavy atom. The van der Waals surface area contributed by atoms with Gasteiger partial charge in [0.15, 0.2) is 0 Å². The van der Waals surface area contributed by atoms with E-state index < -0.39 is 86.2 Å². The predicted octanol–water partition coefficient (Wildman–Crippen LogP) is -4.18. The number of nitrogens with two attached hydrogens (primary N) is 1. The molecule has 0 aromatic carbocycles. The van der Waals surface area contributed by atoms with E-state index >= 15 is 0 Å². The molecule has 28 heavy (non-hydrogen) atoms.